The maximum Gasteiger partial charge on any atom is 0.255 e. The van der Waals surface area contributed by atoms with Crippen LogP contribution in [0.5, 0.6) is 0 Å². The molecule has 0 aromatic heterocycles. The molecule has 0 heterocycles. The van der Waals surface area contributed by atoms with Crippen LogP contribution in [0.4, 0.5) is 8.78 Å². The number of alkyl halides is 2. The van der Waals surface area contributed by atoms with E-state index >= 15 is 0 Å². The molecule has 0 amide bonds. The second kappa shape index (κ2) is 1.50. The van der Waals surface area contributed by atoms with Gasteiger partial charge in [-0.3, -0.25) is 4.79 Å². The fraction of sp³-hybridized carbons (Fsp3) is 0.800. The number of hydrogen-bond donors (Lipinski definition) is 0. The van der Waals surface area contributed by atoms with E-state index in [0.29, 0.717) is 0 Å². The monoisotopic (exact) mass is 120 g/mol. The average molecular weight is 120 g/mol. The minimum absolute atomic E-state index is 0.0625. The molecule has 0 aromatic rings. The van der Waals surface area contributed by atoms with Crippen LogP contribution in [0.2, 0.25) is 0 Å². The molecule has 0 saturated heterocycles. The van der Waals surface area contributed by atoms with Gasteiger partial charge >= 0.3 is 0 Å². The standard InChI is InChI=1S/C5H6F2O/c6-5(7)2-1-4(8)3-5/h1-3H2. The van der Waals surface area contributed by atoms with Crippen LogP contribution in [0, 0.1) is 0 Å². The van der Waals surface area contributed by atoms with Gasteiger partial charge in [0.2, 0.25) is 0 Å². The van der Waals surface area contributed by atoms with Gasteiger partial charge in [0.1, 0.15) is 5.78 Å². The summed E-state index contributed by atoms with van der Waals surface area (Å²) < 4.78 is 23.9. The summed E-state index contributed by atoms with van der Waals surface area (Å²) in [5.41, 5.74) is 0. The lowest BCUT2D eigenvalue weighted by molar-refractivity contribution is -0.119. The predicted molar refractivity (Wildman–Crippen MR) is 23.8 cm³/mol. The van der Waals surface area contributed by atoms with Crippen molar-refractivity contribution in [2.45, 2.75) is 25.2 Å². The van der Waals surface area contributed by atoms with Crippen LogP contribution in [-0.2, 0) is 4.79 Å². The fourth-order valence-electron chi connectivity index (χ4n) is 0.788. The SMILES string of the molecule is O=C1CCC(F)(F)C1. The Morgan fingerprint density at radius 2 is 2.12 bits per heavy atom. The summed E-state index contributed by atoms with van der Waals surface area (Å²) in [6.07, 6.45) is -0.716. The van der Waals surface area contributed by atoms with Crippen LogP contribution in [0.3, 0.4) is 0 Å². The first-order valence-electron chi connectivity index (χ1n) is 2.50. The Morgan fingerprint density at radius 3 is 2.25 bits per heavy atom. The van der Waals surface area contributed by atoms with Gasteiger partial charge in [0.15, 0.2) is 0 Å². The van der Waals surface area contributed by atoms with Gasteiger partial charge in [-0.2, -0.15) is 0 Å². The third-order valence-electron chi connectivity index (χ3n) is 1.23. The maximum absolute atomic E-state index is 12.0. The van der Waals surface area contributed by atoms with Gasteiger partial charge in [-0.1, -0.05) is 0 Å². The number of ketones is 1. The lowest BCUT2D eigenvalue weighted by atomic mass is 10.3. The molecule has 1 aliphatic carbocycles. The fourth-order valence-corrected chi connectivity index (χ4v) is 0.788. The molecule has 0 aromatic carbocycles. The lowest BCUT2D eigenvalue weighted by Gasteiger charge is -2.01. The third-order valence-corrected chi connectivity index (χ3v) is 1.23. The Hall–Kier alpha value is -0.470. The van der Waals surface area contributed by atoms with Gasteiger partial charge in [-0.25, -0.2) is 8.78 Å². The molecule has 0 unspecified atom stereocenters. The van der Waals surface area contributed by atoms with E-state index in [4.69, 9.17) is 0 Å². The van der Waals surface area contributed by atoms with Crippen molar-refractivity contribution in [1.29, 1.82) is 0 Å². The summed E-state index contributed by atoms with van der Waals surface area (Å²) in [4.78, 5) is 10.2. The van der Waals surface area contributed by atoms with Crippen LogP contribution in [0.25, 0.3) is 0 Å². The number of carbonyl (C=O) groups excluding carboxylic acids is 1. The normalized spacial score (nSPS) is 26.5. The molecular weight excluding hydrogens is 114 g/mol. The first-order valence-corrected chi connectivity index (χ1v) is 2.50. The molecule has 1 rings (SSSR count). The van der Waals surface area contributed by atoms with E-state index in [-0.39, 0.29) is 18.6 Å². The number of hydrogen-bond acceptors (Lipinski definition) is 1. The average Bonchev–Trinajstić information content (AvgIpc) is 1.82. The van der Waals surface area contributed by atoms with E-state index < -0.39 is 12.3 Å². The zero-order valence-electron chi connectivity index (χ0n) is 4.29. The second-order valence-electron chi connectivity index (χ2n) is 2.07. The Morgan fingerprint density at radius 1 is 1.50 bits per heavy atom. The Labute approximate surface area is 45.7 Å². The molecule has 3 heteroatoms. The number of Topliss-reactive ketones (excluding diaryl/α,β-unsaturated/α-hetero) is 1. The Kier molecular flexibility index (Phi) is 1.06. The number of rotatable bonds is 0. The number of halogens is 2. The van der Waals surface area contributed by atoms with E-state index in [1.165, 1.54) is 0 Å². The highest BCUT2D eigenvalue weighted by molar-refractivity contribution is 5.81. The van der Waals surface area contributed by atoms with Gasteiger partial charge in [0.05, 0.1) is 6.42 Å². The van der Waals surface area contributed by atoms with Gasteiger partial charge in [0, 0.05) is 12.8 Å². The maximum atomic E-state index is 12.0. The van der Waals surface area contributed by atoms with Crippen molar-refractivity contribution in [3.63, 3.8) is 0 Å². The predicted octanol–water partition coefficient (Wildman–Crippen LogP) is 1.37. The van der Waals surface area contributed by atoms with E-state index in [9.17, 15) is 13.6 Å². The molecular formula is C5H6F2O. The molecule has 1 saturated carbocycles. The summed E-state index contributed by atoms with van der Waals surface area (Å²) in [6, 6.07) is 0. The van der Waals surface area contributed by atoms with Crippen LogP contribution >= 0.6 is 0 Å². The van der Waals surface area contributed by atoms with Gasteiger partial charge in [-0.05, 0) is 0 Å². The third kappa shape index (κ3) is 1.02. The van der Waals surface area contributed by atoms with Crippen LogP contribution in [0.1, 0.15) is 19.3 Å². The highest BCUT2D eigenvalue weighted by Crippen LogP contribution is 2.31. The summed E-state index contributed by atoms with van der Waals surface area (Å²) >= 11 is 0. The van der Waals surface area contributed by atoms with E-state index in [1.807, 2.05) is 0 Å². The molecule has 0 bridgehead atoms. The van der Waals surface area contributed by atoms with Crippen molar-refractivity contribution in [2.24, 2.45) is 0 Å². The van der Waals surface area contributed by atoms with E-state index in [0.717, 1.165) is 0 Å². The lowest BCUT2D eigenvalue weighted by Crippen LogP contribution is -2.08. The van der Waals surface area contributed by atoms with E-state index in [2.05, 4.69) is 0 Å². The van der Waals surface area contributed by atoms with Crippen LogP contribution in [0.15, 0.2) is 0 Å². The van der Waals surface area contributed by atoms with Crippen molar-refractivity contribution in [2.75, 3.05) is 0 Å². The molecule has 1 fully saturated rings. The van der Waals surface area contributed by atoms with Crippen molar-refractivity contribution in [3.8, 4) is 0 Å². The van der Waals surface area contributed by atoms with Gasteiger partial charge in [0.25, 0.3) is 5.92 Å². The van der Waals surface area contributed by atoms with Crippen molar-refractivity contribution < 1.29 is 13.6 Å². The van der Waals surface area contributed by atoms with Crippen molar-refractivity contribution in [1.82, 2.24) is 0 Å². The molecule has 8 heavy (non-hydrogen) atoms. The molecule has 46 valence electrons. The minimum Gasteiger partial charge on any atom is -0.299 e. The van der Waals surface area contributed by atoms with Crippen molar-refractivity contribution in [3.05, 3.63) is 0 Å². The molecule has 1 nitrogen and oxygen atoms in total. The van der Waals surface area contributed by atoms with Crippen molar-refractivity contribution >= 4 is 5.78 Å². The highest BCUT2D eigenvalue weighted by Gasteiger charge is 2.38. The Bertz CT molecular complexity index is 120. The summed E-state index contributed by atoms with van der Waals surface area (Å²) in [5.74, 6) is -2.99. The molecule has 0 N–H and O–H groups in total. The molecule has 1 aliphatic rings. The first kappa shape index (κ1) is 5.66. The zero-order chi connectivity index (χ0) is 6.20. The quantitative estimate of drug-likeness (QED) is 0.472. The molecule has 0 atom stereocenters. The summed E-state index contributed by atoms with van der Waals surface area (Å²) in [7, 11) is 0. The summed E-state index contributed by atoms with van der Waals surface area (Å²) in [6.45, 7) is 0. The molecule has 0 aliphatic heterocycles. The largest absolute Gasteiger partial charge is 0.299 e. The second-order valence-corrected chi connectivity index (χ2v) is 2.07. The minimum atomic E-state index is -2.68. The van der Waals surface area contributed by atoms with E-state index in [1.54, 1.807) is 0 Å². The van der Waals surface area contributed by atoms with Crippen LogP contribution in [-0.4, -0.2) is 11.7 Å². The number of carbonyl (C=O) groups is 1. The molecule has 0 radical (unpaired) electrons. The highest BCUT2D eigenvalue weighted by atomic mass is 19.3. The Balaban J connectivity index is 2.56. The first-order chi connectivity index (χ1) is 3.60. The summed E-state index contributed by atoms with van der Waals surface area (Å²) in [5, 5.41) is 0. The zero-order valence-corrected chi connectivity index (χ0v) is 4.29. The smallest absolute Gasteiger partial charge is 0.255 e. The van der Waals surface area contributed by atoms with Crippen LogP contribution < -0.4 is 0 Å². The van der Waals surface area contributed by atoms with Gasteiger partial charge < -0.3 is 0 Å². The molecule has 0 spiro atoms. The van der Waals surface area contributed by atoms with Gasteiger partial charge in [-0.15, -0.1) is 0 Å². The topological polar surface area (TPSA) is 17.1 Å².